The molecular weight excluding hydrogens is 256 g/mol. The molecule has 0 aliphatic carbocycles. The minimum Gasteiger partial charge on any atom is -0.465 e. The lowest BCUT2D eigenvalue weighted by molar-refractivity contribution is 0.126. The van der Waals surface area contributed by atoms with Gasteiger partial charge in [0.25, 0.3) is 0 Å². The molecular formula is C14H18N4O2. The van der Waals surface area contributed by atoms with Crippen LogP contribution in [0.25, 0.3) is 10.9 Å². The van der Waals surface area contributed by atoms with E-state index in [1.54, 1.807) is 0 Å². The van der Waals surface area contributed by atoms with Gasteiger partial charge in [-0.15, -0.1) is 0 Å². The molecule has 1 aliphatic rings. The second-order valence-corrected chi connectivity index (χ2v) is 5.12. The van der Waals surface area contributed by atoms with Gasteiger partial charge in [-0.2, -0.15) is 5.10 Å². The molecule has 1 amide bonds. The van der Waals surface area contributed by atoms with E-state index < -0.39 is 6.09 Å². The van der Waals surface area contributed by atoms with Crippen LogP contribution in [0.4, 0.5) is 4.79 Å². The molecule has 3 rings (SSSR count). The second kappa shape index (κ2) is 5.50. The van der Waals surface area contributed by atoms with Crippen molar-refractivity contribution < 1.29 is 9.90 Å². The first kappa shape index (κ1) is 12.9. The van der Waals surface area contributed by atoms with Crippen molar-refractivity contribution in [2.45, 2.75) is 19.0 Å². The van der Waals surface area contributed by atoms with Crippen molar-refractivity contribution in [1.29, 1.82) is 0 Å². The van der Waals surface area contributed by atoms with Crippen LogP contribution in [0.15, 0.2) is 30.5 Å². The molecule has 2 heterocycles. The standard InChI is InChI=1S/C14H18N4O2/c19-14(20)17-8-6-15-12(10-17)5-7-18-9-11-3-1-2-4-13(11)16-18/h1-4,9,12,15H,5-8,10H2,(H,19,20)/t12-/m1/s1. The van der Waals surface area contributed by atoms with Crippen molar-refractivity contribution in [3.63, 3.8) is 0 Å². The lowest BCUT2D eigenvalue weighted by atomic mass is 10.1. The van der Waals surface area contributed by atoms with Gasteiger partial charge < -0.3 is 15.3 Å². The van der Waals surface area contributed by atoms with E-state index in [-0.39, 0.29) is 6.04 Å². The largest absolute Gasteiger partial charge is 0.465 e. The van der Waals surface area contributed by atoms with Crippen LogP contribution in [-0.2, 0) is 6.54 Å². The minimum atomic E-state index is -0.832. The van der Waals surface area contributed by atoms with E-state index in [4.69, 9.17) is 5.11 Å². The summed E-state index contributed by atoms with van der Waals surface area (Å²) in [6.07, 6.45) is 2.08. The van der Waals surface area contributed by atoms with Crippen LogP contribution in [0.3, 0.4) is 0 Å². The Morgan fingerprint density at radius 2 is 2.30 bits per heavy atom. The number of nitrogens with zero attached hydrogens (tertiary/aromatic N) is 3. The highest BCUT2D eigenvalue weighted by Crippen LogP contribution is 2.12. The smallest absolute Gasteiger partial charge is 0.407 e. The number of benzene rings is 1. The number of aryl methyl sites for hydroxylation is 1. The van der Waals surface area contributed by atoms with Gasteiger partial charge in [-0.05, 0) is 12.5 Å². The molecule has 6 nitrogen and oxygen atoms in total. The molecule has 0 bridgehead atoms. The Hall–Kier alpha value is -2.08. The van der Waals surface area contributed by atoms with Gasteiger partial charge in [0.15, 0.2) is 0 Å². The van der Waals surface area contributed by atoms with E-state index in [1.165, 1.54) is 4.90 Å². The fourth-order valence-corrected chi connectivity index (χ4v) is 2.61. The summed E-state index contributed by atoms with van der Waals surface area (Å²) in [6.45, 7) is 2.63. The van der Waals surface area contributed by atoms with Gasteiger partial charge in [-0.3, -0.25) is 4.68 Å². The summed E-state index contributed by atoms with van der Waals surface area (Å²) in [7, 11) is 0. The van der Waals surface area contributed by atoms with Crippen molar-refractivity contribution >= 4 is 17.0 Å². The Bertz CT molecular complexity index is 577. The topological polar surface area (TPSA) is 70.4 Å². The molecule has 1 aromatic carbocycles. The van der Waals surface area contributed by atoms with Crippen LogP contribution in [0.2, 0.25) is 0 Å². The van der Waals surface area contributed by atoms with Gasteiger partial charge in [0.1, 0.15) is 0 Å². The van der Waals surface area contributed by atoms with Gasteiger partial charge in [0.2, 0.25) is 0 Å². The first-order valence-electron chi connectivity index (χ1n) is 6.86. The number of nitrogens with one attached hydrogen (secondary N) is 1. The van der Waals surface area contributed by atoms with E-state index in [9.17, 15) is 4.79 Å². The predicted molar refractivity (Wildman–Crippen MR) is 75.7 cm³/mol. The zero-order chi connectivity index (χ0) is 13.9. The van der Waals surface area contributed by atoms with Gasteiger partial charge in [0.05, 0.1) is 5.52 Å². The summed E-state index contributed by atoms with van der Waals surface area (Å²) in [5.41, 5.74) is 0.997. The zero-order valence-electron chi connectivity index (χ0n) is 11.2. The van der Waals surface area contributed by atoms with Crippen molar-refractivity contribution in [2.24, 2.45) is 0 Å². The van der Waals surface area contributed by atoms with Crippen molar-refractivity contribution in [3.8, 4) is 0 Å². The van der Waals surface area contributed by atoms with E-state index in [0.29, 0.717) is 13.1 Å². The SMILES string of the molecule is O=C(O)N1CCN[C@H](CCn2cc3ccccc3n2)C1. The molecule has 1 aromatic heterocycles. The first-order valence-corrected chi connectivity index (χ1v) is 6.86. The quantitative estimate of drug-likeness (QED) is 0.887. The highest BCUT2D eigenvalue weighted by Gasteiger charge is 2.22. The average molecular weight is 274 g/mol. The maximum absolute atomic E-state index is 11.0. The van der Waals surface area contributed by atoms with E-state index in [0.717, 1.165) is 30.4 Å². The van der Waals surface area contributed by atoms with Gasteiger partial charge in [-0.25, -0.2) is 4.79 Å². The average Bonchev–Trinajstić information content (AvgIpc) is 2.88. The number of carbonyl (C=O) groups is 1. The maximum atomic E-state index is 11.0. The Balaban J connectivity index is 1.60. The molecule has 0 radical (unpaired) electrons. The number of rotatable bonds is 3. The highest BCUT2D eigenvalue weighted by atomic mass is 16.4. The molecule has 0 saturated carbocycles. The summed E-state index contributed by atoms with van der Waals surface area (Å²) < 4.78 is 1.94. The van der Waals surface area contributed by atoms with Crippen molar-refractivity contribution in [2.75, 3.05) is 19.6 Å². The normalized spacial score (nSPS) is 19.4. The lowest BCUT2D eigenvalue weighted by Gasteiger charge is -2.31. The predicted octanol–water partition coefficient (Wildman–Crippen LogP) is 1.38. The molecule has 2 N–H and O–H groups in total. The number of amides is 1. The summed E-state index contributed by atoms with van der Waals surface area (Å²) in [5.74, 6) is 0. The molecule has 0 unspecified atom stereocenters. The highest BCUT2D eigenvalue weighted by molar-refractivity contribution is 5.77. The summed E-state index contributed by atoms with van der Waals surface area (Å²) in [5, 5.41) is 18.0. The van der Waals surface area contributed by atoms with E-state index >= 15 is 0 Å². The Labute approximate surface area is 117 Å². The fraction of sp³-hybridized carbons (Fsp3) is 0.429. The lowest BCUT2D eigenvalue weighted by Crippen LogP contribution is -2.52. The van der Waals surface area contributed by atoms with Crippen molar-refractivity contribution in [1.82, 2.24) is 20.0 Å². The number of hydrogen-bond acceptors (Lipinski definition) is 3. The molecule has 1 aliphatic heterocycles. The van der Waals surface area contributed by atoms with Crippen LogP contribution >= 0.6 is 0 Å². The molecule has 1 saturated heterocycles. The van der Waals surface area contributed by atoms with Gasteiger partial charge >= 0.3 is 6.09 Å². The summed E-state index contributed by atoms with van der Waals surface area (Å²) in [4.78, 5) is 12.4. The zero-order valence-corrected chi connectivity index (χ0v) is 11.2. The van der Waals surface area contributed by atoms with Crippen LogP contribution in [-0.4, -0.2) is 51.6 Å². The summed E-state index contributed by atoms with van der Waals surface area (Å²) in [6, 6.07) is 8.22. The molecule has 1 fully saturated rings. The number of aromatic nitrogens is 2. The third kappa shape index (κ3) is 2.75. The maximum Gasteiger partial charge on any atom is 0.407 e. The third-order valence-electron chi connectivity index (χ3n) is 3.69. The van der Waals surface area contributed by atoms with Gasteiger partial charge in [-0.1, -0.05) is 18.2 Å². The monoisotopic (exact) mass is 274 g/mol. The van der Waals surface area contributed by atoms with Crippen LogP contribution in [0, 0.1) is 0 Å². The van der Waals surface area contributed by atoms with Gasteiger partial charge in [0, 0.05) is 43.8 Å². The molecule has 2 aromatic rings. The molecule has 1 atom stereocenters. The number of fused-ring (bicyclic) bond motifs is 1. The van der Waals surface area contributed by atoms with Crippen LogP contribution in [0.1, 0.15) is 6.42 Å². The second-order valence-electron chi connectivity index (χ2n) is 5.12. The Morgan fingerprint density at radius 1 is 1.45 bits per heavy atom. The van der Waals surface area contributed by atoms with E-state index in [2.05, 4.69) is 10.4 Å². The molecule has 6 heteroatoms. The number of hydrogen-bond donors (Lipinski definition) is 2. The number of piperazine rings is 1. The van der Waals surface area contributed by atoms with Crippen LogP contribution in [0.5, 0.6) is 0 Å². The Morgan fingerprint density at radius 3 is 3.10 bits per heavy atom. The summed E-state index contributed by atoms with van der Waals surface area (Å²) >= 11 is 0. The third-order valence-corrected chi connectivity index (χ3v) is 3.69. The van der Waals surface area contributed by atoms with E-state index in [1.807, 2.05) is 35.1 Å². The molecule has 106 valence electrons. The van der Waals surface area contributed by atoms with Crippen LogP contribution < -0.4 is 5.32 Å². The fourth-order valence-electron chi connectivity index (χ4n) is 2.61. The minimum absolute atomic E-state index is 0.201. The Kier molecular flexibility index (Phi) is 3.56. The van der Waals surface area contributed by atoms with Crippen molar-refractivity contribution in [3.05, 3.63) is 30.5 Å². The molecule has 20 heavy (non-hydrogen) atoms. The number of carboxylic acid groups (broad SMARTS) is 1. The first-order chi connectivity index (χ1) is 9.72. The molecule has 0 spiro atoms.